The zero-order valence-corrected chi connectivity index (χ0v) is 31.1. The number of allylic oxidation sites excluding steroid dienone is 3. The minimum absolute atomic E-state index is 0.226. The summed E-state index contributed by atoms with van der Waals surface area (Å²) in [6.07, 6.45) is 15.0. The molecule has 9 aliphatic carbocycles. The first-order valence-corrected chi connectivity index (χ1v) is 21.6. The van der Waals surface area contributed by atoms with E-state index >= 15 is 0 Å². The van der Waals surface area contributed by atoms with Crippen LogP contribution in [0.3, 0.4) is 0 Å². The number of nitrogens with zero attached hydrogens (tertiary/aromatic N) is 2. The minimum Gasteiger partial charge on any atom is -0.172 e. The van der Waals surface area contributed by atoms with Gasteiger partial charge in [-0.15, -0.1) is 0 Å². The molecule has 0 aromatic heterocycles. The van der Waals surface area contributed by atoms with E-state index in [1.807, 2.05) is 5.57 Å². The van der Waals surface area contributed by atoms with E-state index in [1.54, 1.807) is 75.8 Å². The van der Waals surface area contributed by atoms with Gasteiger partial charge in [-0.2, -0.15) is 10.3 Å². The second kappa shape index (κ2) is 7.84. The Morgan fingerprint density at radius 3 is 2.14 bits per heavy atom. The van der Waals surface area contributed by atoms with Crippen molar-refractivity contribution in [1.82, 2.24) is 0 Å². The van der Waals surface area contributed by atoms with Gasteiger partial charge in [0.15, 0.2) is 0 Å². The summed E-state index contributed by atoms with van der Waals surface area (Å²) in [6, 6.07) is 25.5. The molecule has 9 atom stereocenters. The lowest BCUT2D eigenvalue weighted by molar-refractivity contribution is 0.344. The van der Waals surface area contributed by atoms with Gasteiger partial charge < -0.3 is 0 Å². The molecule has 10 aromatic carbocycles. The molecule has 0 bridgehead atoms. The molecule has 2 fully saturated rings. The molecule has 2 nitrogen and oxygen atoms in total. The van der Waals surface area contributed by atoms with Crippen LogP contribution >= 0.6 is 0 Å². The average Bonchev–Trinajstić information content (AvgIpc) is 3.82. The standard InChI is InChI=1S/C56H28N2/c1-2-20-23-13-15-28-37-35(23)42-32(20)30-17-19-11-12-24-25-14-16-29-38-36(25)44-34(24)31(19)41(30)51-52(42)54-45(37)49-39(28)47-43(48(47)40(29)50(49)46(38)55(54)53(44)51)33-21-7-3-5-9-26(21)56(58-18-57)27-10-6-4-8-22(27)33/h2-17,24-25,29,33-34,36,38,43,47-48H,1H2. The molecule has 19 rings (SSSR count). The van der Waals surface area contributed by atoms with E-state index in [0.717, 1.165) is 16.8 Å². The van der Waals surface area contributed by atoms with Crippen LogP contribution in [0.1, 0.15) is 73.7 Å². The molecule has 10 aromatic rings. The SMILES string of the molecule is C=Cc1c2ccc3c4c5c6c7c8c9c%10c%11c%12c(cc%11c1c1c2c3c5c8c%101)C=CC1C%12C=9C2C1C=CC(C=6C1C4C1C1c3ccccc3C(=NC#N)c3ccccc31)C72. The Hall–Kier alpha value is -6.56. The predicted octanol–water partition coefficient (Wildman–Crippen LogP) is 11.0. The van der Waals surface area contributed by atoms with Crippen molar-refractivity contribution in [1.29, 1.82) is 5.26 Å². The molecule has 58 heavy (non-hydrogen) atoms. The zero-order valence-electron chi connectivity index (χ0n) is 31.1. The fourth-order valence-corrected chi connectivity index (χ4v) is 17.4. The summed E-state index contributed by atoms with van der Waals surface area (Å²) in [6.45, 7) is 4.54. The molecular weight excluding hydrogens is 701 g/mol. The van der Waals surface area contributed by atoms with Crippen LogP contribution in [-0.2, 0) is 0 Å². The highest BCUT2D eigenvalue weighted by Crippen LogP contribution is 2.77. The van der Waals surface area contributed by atoms with Crippen molar-refractivity contribution < 1.29 is 0 Å². The lowest BCUT2D eigenvalue weighted by Gasteiger charge is -2.38. The smallest absolute Gasteiger partial charge is 0.172 e. The van der Waals surface area contributed by atoms with Gasteiger partial charge in [0, 0.05) is 34.8 Å². The predicted molar refractivity (Wildman–Crippen MR) is 234 cm³/mol. The molecule has 262 valence electrons. The maximum atomic E-state index is 9.96. The van der Waals surface area contributed by atoms with Crippen molar-refractivity contribution in [2.24, 2.45) is 40.5 Å². The molecule has 0 N–H and O–H groups in total. The quantitative estimate of drug-likeness (QED) is 0.0992. The van der Waals surface area contributed by atoms with E-state index in [4.69, 9.17) is 0 Å². The lowest BCUT2D eigenvalue weighted by Crippen LogP contribution is -2.33. The third-order valence-corrected chi connectivity index (χ3v) is 18.5. The molecular formula is C56H28N2. The Balaban J connectivity index is 1.06. The topological polar surface area (TPSA) is 36.1 Å². The maximum Gasteiger partial charge on any atom is 0.206 e. The fraction of sp³-hybridized carbons (Fsp3) is 0.179. The van der Waals surface area contributed by atoms with Crippen LogP contribution in [0, 0.1) is 47.0 Å². The summed E-state index contributed by atoms with van der Waals surface area (Å²) in [5.41, 5.74) is 17.3. The van der Waals surface area contributed by atoms with Gasteiger partial charge in [-0.25, -0.2) is 0 Å². The highest BCUT2D eigenvalue weighted by atomic mass is 14.8. The Labute approximate surface area is 330 Å². The van der Waals surface area contributed by atoms with Crippen LogP contribution in [-0.4, -0.2) is 5.71 Å². The van der Waals surface area contributed by atoms with Crippen molar-refractivity contribution in [3.8, 4) is 6.19 Å². The first-order valence-electron chi connectivity index (χ1n) is 21.6. The third-order valence-electron chi connectivity index (χ3n) is 18.5. The first kappa shape index (κ1) is 27.1. The summed E-state index contributed by atoms with van der Waals surface area (Å²) < 4.78 is 0. The van der Waals surface area contributed by atoms with Gasteiger partial charge in [0.1, 0.15) is 0 Å². The van der Waals surface area contributed by atoms with Crippen LogP contribution in [0.2, 0.25) is 0 Å². The Kier molecular flexibility index (Phi) is 3.67. The number of hydrogen-bond acceptors (Lipinski definition) is 2. The van der Waals surface area contributed by atoms with Crippen molar-refractivity contribution in [3.05, 3.63) is 152 Å². The molecule has 0 aliphatic heterocycles. The highest BCUT2D eigenvalue weighted by Gasteiger charge is 2.67. The van der Waals surface area contributed by atoms with E-state index in [2.05, 4.69) is 115 Å². The zero-order chi connectivity index (χ0) is 36.7. The summed E-state index contributed by atoms with van der Waals surface area (Å²) in [7, 11) is 0. The van der Waals surface area contributed by atoms with Gasteiger partial charge >= 0.3 is 0 Å². The molecule has 9 unspecified atom stereocenters. The largest absolute Gasteiger partial charge is 0.206 e. The van der Waals surface area contributed by atoms with E-state index in [-0.39, 0.29) is 5.92 Å². The summed E-state index contributed by atoms with van der Waals surface area (Å²) in [5, 5.41) is 35.1. The molecule has 0 heterocycles. The van der Waals surface area contributed by atoms with E-state index < -0.39 is 0 Å². The van der Waals surface area contributed by atoms with Crippen molar-refractivity contribution >= 4 is 104 Å². The van der Waals surface area contributed by atoms with E-state index in [1.165, 1.54) is 54.6 Å². The Bertz CT molecular complexity index is 4070. The van der Waals surface area contributed by atoms with Crippen LogP contribution in [0.25, 0.3) is 98.7 Å². The summed E-state index contributed by atoms with van der Waals surface area (Å²) >= 11 is 0. The van der Waals surface area contributed by atoms with Gasteiger partial charge in [-0.1, -0.05) is 103 Å². The molecule has 2 heteroatoms. The van der Waals surface area contributed by atoms with Crippen LogP contribution in [0.4, 0.5) is 0 Å². The molecule has 9 aliphatic rings. The molecule has 0 saturated heterocycles. The van der Waals surface area contributed by atoms with Crippen LogP contribution in [0.5, 0.6) is 0 Å². The van der Waals surface area contributed by atoms with Crippen molar-refractivity contribution in [3.63, 3.8) is 0 Å². The lowest BCUT2D eigenvalue weighted by atomic mass is 9.64. The first-order chi connectivity index (χ1) is 28.8. The van der Waals surface area contributed by atoms with Gasteiger partial charge in [0.25, 0.3) is 0 Å². The fourth-order valence-electron chi connectivity index (χ4n) is 17.4. The van der Waals surface area contributed by atoms with Crippen LogP contribution < -0.4 is 10.4 Å². The Morgan fingerprint density at radius 2 is 1.31 bits per heavy atom. The molecule has 0 spiro atoms. The van der Waals surface area contributed by atoms with E-state index in [9.17, 15) is 5.26 Å². The van der Waals surface area contributed by atoms with Gasteiger partial charge in [-0.05, 0) is 172 Å². The number of nitriles is 1. The second-order valence-electron chi connectivity index (χ2n) is 19.6. The number of benzene rings is 6. The summed E-state index contributed by atoms with van der Waals surface area (Å²) in [4.78, 5) is 4.51. The Morgan fingerprint density at radius 1 is 0.569 bits per heavy atom. The number of hydrogen-bond donors (Lipinski definition) is 0. The highest BCUT2D eigenvalue weighted by molar-refractivity contribution is 6.54. The van der Waals surface area contributed by atoms with Gasteiger partial charge in [0.2, 0.25) is 6.19 Å². The van der Waals surface area contributed by atoms with E-state index in [0.29, 0.717) is 53.3 Å². The monoisotopic (exact) mass is 728 g/mol. The minimum atomic E-state index is 0.226. The average molecular weight is 729 g/mol. The maximum absolute atomic E-state index is 9.96. The number of aliphatic imine (C=N–C) groups is 1. The molecule has 0 amide bonds. The molecule has 0 radical (unpaired) electrons. The normalized spacial score (nSPS) is 31.3. The second-order valence-corrected chi connectivity index (χ2v) is 19.6. The van der Waals surface area contributed by atoms with Crippen molar-refractivity contribution in [2.75, 3.05) is 0 Å². The molecule has 2 saturated carbocycles. The summed E-state index contributed by atoms with van der Waals surface area (Å²) in [5.74, 6) is 4.64. The third kappa shape index (κ3) is 2.20. The number of fused-ring (bicyclic) bond motifs is 9. The van der Waals surface area contributed by atoms with Gasteiger partial charge in [0.05, 0.1) is 5.71 Å². The van der Waals surface area contributed by atoms with Gasteiger partial charge in [-0.3, -0.25) is 0 Å². The number of rotatable bonds is 2. The van der Waals surface area contributed by atoms with Crippen molar-refractivity contribution in [2.45, 2.75) is 23.7 Å². The van der Waals surface area contributed by atoms with Crippen LogP contribution in [0.15, 0.2) is 96.5 Å².